The van der Waals surface area contributed by atoms with E-state index >= 15 is 0 Å². The molecule has 4 N–H and O–H groups in total. The van der Waals surface area contributed by atoms with Crippen molar-refractivity contribution in [3.05, 3.63) is 0 Å². The van der Waals surface area contributed by atoms with Gasteiger partial charge in [0.25, 0.3) is 0 Å². The van der Waals surface area contributed by atoms with Gasteiger partial charge in [0.15, 0.2) is 0 Å². The third-order valence-corrected chi connectivity index (χ3v) is 0.638. The molecule has 4 heteroatoms. The Morgan fingerprint density at radius 3 is 2.75 bits per heavy atom. The van der Waals surface area contributed by atoms with E-state index in [0.29, 0.717) is 6.67 Å². The normalized spacial score (nSPS) is 8.62. The van der Waals surface area contributed by atoms with Gasteiger partial charge < -0.3 is 16.4 Å². The third kappa shape index (κ3) is 5.23. The number of nitrogens with two attached hydrogens (primary N) is 1. The van der Waals surface area contributed by atoms with Gasteiger partial charge in [-0.15, -0.1) is 0 Å². The minimum atomic E-state index is -0.494. The van der Waals surface area contributed by atoms with Gasteiger partial charge in [0, 0.05) is 0 Å². The first-order valence-electron chi connectivity index (χ1n) is 2.51. The largest absolute Gasteiger partial charge is 0.352 e. The topological polar surface area (TPSA) is 67.2 Å². The van der Waals surface area contributed by atoms with Gasteiger partial charge in [0.05, 0.1) is 6.67 Å². The van der Waals surface area contributed by atoms with Crippen molar-refractivity contribution < 1.29 is 4.79 Å². The Labute approximate surface area is 48.4 Å². The highest BCUT2D eigenvalue weighted by molar-refractivity contribution is 5.71. The van der Waals surface area contributed by atoms with Crippen LogP contribution < -0.4 is 16.4 Å². The van der Waals surface area contributed by atoms with E-state index in [1.165, 1.54) is 0 Å². The number of amides is 2. The molecular formula is C4H11N3O. The van der Waals surface area contributed by atoms with Gasteiger partial charge in [0.2, 0.25) is 0 Å². The Morgan fingerprint density at radius 1 is 1.75 bits per heavy atom. The zero-order valence-electron chi connectivity index (χ0n) is 4.90. The Bertz CT molecular complexity index is 73.7. The Kier molecular flexibility index (Phi) is 3.97. The highest BCUT2D eigenvalue weighted by Gasteiger charge is 1.84. The second-order valence-electron chi connectivity index (χ2n) is 1.32. The highest BCUT2D eigenvalue weighted by Crippen LogP contribution is 1.52. The standard InChI is InChI=1S/C4H11N3O/c1-2-6-3-7-4(5)8/h6H,2-3H2,1H3,(H3,5,7,8). The monoisotopic (exact) mass is 117 g/mol. The van der Waals surface area contributed by atoms with Crippen LogP contribution in [0.1, 0.15) is 6.92 Å². The van der Waals surface area contributed by atoms with Crippen LogP contribution in [0.3, 0.4) is 0 Å². The molecule has 0 bridgehead atoms. The average Bonchev–Trinajstić information content (AvgIpc) is 1.66. The summed E-state index contributed by atoms with van der Waals surface area (Å²) in [4.78, 5) is 9.95. The molecule has 0 aromatic rings. The number of primary amides is 1. The number of hydrogen-bond acceptors (Lipinski definition) is 2. The van der Waals surface area contributed by atoms with E-state index in [9.17, 15) is 4.79 Å². The highest BCUT2D eigenvalue weighted by atomic mass is 16.2. The molecule has 0 aliphatic carbocycles. The Morgan fingerprint density at radius 2 is 2.38 bits per heavy atom. The van der Waals surface area contributed by atoms with Gasteiger partial charge >= 0.3 is 6.03 Å². The molecule has 0 unspecified atom stereocenters. The summed E-state index contributed by atoms with van der Waals surface area (Å²) in [6, 6.07) is -0.494. The summed E-state index contributed by atoms with van der Waals surface area (Å²) < 4.78 is 0. The first kappa shape index (κ1) is 7.23. The van der Waals surface area contributed by atoms with Crippen LogP contribution in [-0.4, -0.2) is 19.2 Å². The van der Waals surface area contributed by atoms with Crippen LogP contribution in [0.2, 0.25) is 0 Å². The van der Waals surface area contributed by atoms with Gasteiger partial charge in [-0.25, -0.2) is 4.79 Å². The molecule has 0 aliphatic heterocycles. The Balaban J connectivity index is 2.82. The molecule has 0 aliphatic rings. The number of urea groups is 1. The third-order valence-electron chi connectivity index (χ3n) is 0.638. The van der Waals surface area contributed by atoms with Gasteiger partial charge in [-0.2, -0.15) is 0 Å². The summed E-state index contributed by atoms with van der Waals surface area (Å²) in [7, 11) is 0. The summed E-state index contributed by atoms with van der Waals surface area (Å²) >= 11 is 0. The minimum Gasteiger partial charge on any atom is -0.352 e. The predicted molar refractivity (Wildman–Crippen MR) is 31.3 cm³/mol. The fraction of sp³-hybridized carbons (Fsp3) is 0.750. The van der Waals surface area contributed by atoms with Crippen LogP contribution >= 0.6 is 0 Å². The lowest BCUT2D eigenvalue weighted by Crippen LogP contribution is -2.37. The van der Waals surface area contributed by atoms with Crippen molar-refractivity contribution in [2.45, 2.75) is 6.92 Å². The lowest BCUT2D eigenvalue weighted by molar-refractivity contribution is 0.248. The molecule has 0 saturated carbocycles. The lowest BCUT2D eigenvalue weighted by Gasteiger charge is -1.98. The van der Waals surface area contributed by atoms with Crippen molar-refractivity contribution >= 4 is 6.03 Å². The quantitative estimate of drug-likeness (QED) is 0.335. The second-order valence-corrected chi connectivity index (χ2v) is 1.32. The maximum absolute atomic E-state index is 9.95. The van der Waals surface area contributed by atoms with Crippen LogP contribution in [0, 0.1) is 0 Å². The summed E-state index contributed by atoms with van der Waals surface area (Å²) in [6.45, 7) is 3.23. The molecule has 0 rings (SSSR count). The van der Waals surface area contributed by atoms with Crippen molar-refractivity contribution in [3.8, 4) is 0 Å². The minimum absolute atomic E-state index is 0.450. The van der Waals surface area contributed by atoms with E-state index in [1.807, 2.05) is 6.92 Å². The number of carbonyl (C=O) groups is 1. The SMILES string of the molecule is CCNCNC(N)=O. The first-order valence-corrected chi connectivity index (χ1v) is 2.51. The molecule has 48 valence electrons. The van der Waals surface area contributed by atoms with Crippen LogP contribution in [-0.2, 0) is 0 Å². The molecule has 0 radical (unpaired) electrons. The van der Waals surface area contributed by atoms with Gasteiger partial charge in [-0.05, 0) is 6.54 Å². The summed E-state index contributed by atoms with van der Waals surface area (Å²) in [5, 5.41) is 5.24. The van der Waals surface area contributed by atoms with E-state index in [2.05, 4.69) is 10.6 Å². The van der Waals surface area contributed by atoms with E-state index < -0.39 is 6.03 Å². The van der Waals surface area contributed by atoms with Crippen LogP contribution in [0.25, 0.3) is 0 Å². The van der Waals surface area contributed by atoms with Crippen LogP contribution in [0.4, 0.5) is 4.79 Å². The zero-order valence-corrected chi connectivity index (χ0v) is 4.90. The predicted octanol–water partition coefficient (Wildman–Crippen LogP) is -0.778. The Hall–Kier alpha value is -0.770. The number of hydrogen-bond donors (Lipinski definition) is 3. The second kappa shape index (κ2) is 4.39. The fourth-order valence-corrected chi connectivity index (χ4v) is 0.275. The molecule has 0 spiro atoms. The maximum Gasteiger partial charge on any atom is 0.313 e. The number of carbonyl (C=O) groups excluding carboxylic acids is 1. The number of rotatable bonds is 3. The zero-order chi connectivity index (χ0) is 6.41. The molecule has 0 atom stereocenters. The molecular weight excluding hydrogens is 106 g/mol. The number of nitrogens with one attached hydrogen (secondary N) is 2. The average molecular weight is 117 g/mol. The molecule has 0 aromatic heterocycles. The van der Waals surface area contributed by atoms with E-state index in [-0.39, 0.29) is 0 Å². The van der Waals surface area contributed by atoms with E-state index in [0.717, 1.165) is 6.54 Å². The first-order chi connectivity index (χ1) is 3.77. The molecule has 0 fully saturated rings. The van der Waals surface area contributed by atoms with Crippen molar-refractivity contribution in [2.75, 3.05) is 13.2 Å². The van der Waals surface area contributed by atoms with Crippen LogP contribution in [0.5, 0.6) is 0 Å². The summed E-state index contributed by atoms with van der Waals surface area (Å²) in [5.41, 5.74) is 4.74. The van der Waals surface area contributed by atoms with Gasteiger partial charge in [-0.3, -0.25) is 0 Å². The molecule has 4 nitrogen and oxygen atoms in total. The van der Waals surface area contributed by atoms with Crippen LogP contribution in [0.15, 0.2) is 0 Å². The van der Waals surface area contributed by atoms with Gasteiger partial charge in [-0.1, -0.05) is 6.92 Å². The van der Waals surface area contributed by atoms with E-state index in [1.54, 1.807) is 0 Å². The van der Waals surface area contributed by atoms with Crippen molar-refractivity contribution in [2.24, 2.45) is 5.73 Å². The smallest absolute Gasteiger partial charge is 0.313 e. The van der Waals surface area contributed by atoms with Crippen molar-refractivity contribution in [3.63, 3.8) is 0 Å². The van der Waals surface area contributed by atoms with Gasteiger partial charge in [0.1, 0.15) is 0 Å². The van der Waals surface area contributed by atoms with E-state index in [4.69, 9.17) is 5.73 Å². The molecule has 2 amide bonds. The molecule has 8 heavy (non-hydrogen) atoms. The lowest BCUT2D eigenvalue weighted by atomic mass is 10.7. The molecule has 0 aromatic carbocycles. The molecule has 0 heterocycles. The van der Waals surface area contributed by atoms with Crippen molar-refractivity contribution in [1.29, 1.82) is 0 Å². The molecule has 0 saturated heterocycles. The van der Waals surface area contributed by atoms with Crippen molar-refractivity contribution in [1.82, 2.24) is 10.6 Å². The summed E-state index contributed by atoms with van der Waals surface area (Å²) in [5.74, 6) is 0. The summed E-state index contributed by atoms with van der Waals surface area (Å²) in [6.07, 6.45) is 0. The fourth-order valence-electron chi connectivity index (χ4n) is 0.275. The maximum atomic E-state index is 9.95.